The van der Waals surface area contributed by atoms with Crippen LogP contribution in [0, 0.1) is 0 Å². The van der Waals surface area contributed by atoms with E-state index < -0.39 is 33.5 Å². The van der Waals surface area contributed by atoms with E-state index in [1.807, 2.05) is 0 Å². The van der Waals surface area contributed by atoms with E-state index in [0.717, 1.165) is 61.1 Å². The Hall–Kier alpha value is -3.66. The van der Waals surface area contributed by atoms with Gasteiger partial charge in [-0.05, 0) is 44.2 Å². The summed E-state index contributed by atoms with van der Waals surface area (Å²) in [5.74, 6) is -3.47. The number of hydrogen-bond donors (Lipinski definition) is 0. The summed E-state index contributed by atoms with van der Waals surface area (Å²) in [4.78, 5) is 69.9. The van der Waals surface area contributed by atoms with Gasteiger partial charge < -0.3 is 23.7 Å². The van der Waals surface area contributed by atoms with Crippen LogP contribution in [-0.4, -0.2) is 75.0 Å². The van der Waals surface area contributed by atoms with Crippen molar-refractivity contribution in [3.8, 4) is 5.75 Å². The number of amides is 1. The Labute approximate surface area is 291 Å². The zero-order valence-electron chi connectivity index (χ0n) is 26.2. The van der Waals surface area contributed by atoms with Gasteiger partial charge in [-0.2, -0.15) is 0 Å². The normalized spacial score (nSPS) is 17.6. The molecule has 2 aromatic rings. The molecule has 0 saturated carbocycles. The van der Waals surface area contributed by atoms with Crippen molar-refractivity contribution < 1.29 is 47.7 Å². The maximum Gasteiger partial charge on any atom is 0.345 e. The molecule has 3 aliphatic rings. The predicted octanol–water partition coefficient (Wildman–Crippen LogP) is 5.69. The number of methoxy groups -OCH3 is 5. The van der Waals surface area contributed by atoms with E-state index in [9.17, 15) is 24.0 Å². The molecular formula is C32H28BrNO10S3. The Balaban J connectivity index is 1.91. The minimum absolute atomic E-state index is 0.135. The van der Waals surface area contributed by atoms with Gasteiger partial charge in [0.25, 0.3) is 5.91 Å². The first-order chi connectivity index (χ1) is 22.3. The van der Waals surface area contributed by atoms with Crippen molar-refractivity contribution in [1.82, 2.24) is 0 Å². The number of rotatable bonds is 6. The number of carbonyl (C=O) groups excluding carboxylic acids is 5. The van der Waals surface area contributed by atoms with Crippen molar-refractivity contribution in [1.29, 1.82) is 0 Å². The molecule has 15 heteroatoms. The Morgan fingerprint density at radius 2 is 1.26 bits per heavy atom. The molecule has 0 fully saturated rings. The zero-order chi connectivity index (χ0) is 34.4. The smallest absolute Gasteiger partial charge is 0.345 e. The first-order valence-corrected chi connectivity index (χ1v) is 17.0. The van der Waals surface area contributed by atoms with Crippen LogP contribution in [0.15, 0.2) is 72.1 Å². The summed E-state index contributed by atoms with van der Waals surface area (Å²) in [6.07, 6.45) is 0. The Kier molecular flexibility index (Phi) is 9.66. The van der Waals surface area contributed by atoms with Crippen LogP contribution in [-0.2, 0) is 38.1 Å². The van der Waals surface area contributed by atoms with E-state index in [2.05, 4.69) is 15.9 Å². The molecule has 2 aromatic carbocycles. The number of benzene rings is 2. The Morgan fingerprint density at radius 3 is 1.77 bits per heavy atom. The van der Waals surface area contributed by atoms with Crippen LogP contribution < -0.4 is 9.64 Å². The highest BCUT2D eigenvalue weighted by Crippen LogP contribution is 2.71. The second-order valence-corrected chi connectivity index (χ2v) is 15.2. The molecule has 1 spiro atoms. The number of ether oxygens (including phenoxy) is 5. The highest BCUT2D eigenvalue weighted by Gasteiger charge is 2.62. The lowest BCUT2D eigenvalue weighted by Crippen LogP contribution is -2.54. The van der Waals surface area contributed by atoms with Crippen molar-refractivity contribution in [2.75, 3.05) is 40.4 Å². The SMILES string of the molecule is COC(=O)C1=C(C(=O)OC)SC2(S1)C(C(=O)OC)=C(C(=O)OC)SC1=C2c2cccc(OC)c2N(C(=O)c2ccc(Br)cc2)C1(C)C. The van der Waals surface area contributed by atoms with E-state index in [1.54, 1.807) is 61.2 Å². The summed E-state index contributed by atoms with van der Waals surface area (Å²) >= 11 is 6.08. The van der Waals surface area contributed by atoms with Gasteiger partial charge in [0.15, 0.2) is 0 Å². The fourth-order valence-corrected chi connectivity index (χ4v) is 10.9. The number of anilines is 1. The van der Waals surface area contributed by atoms with Gasteiger partial charge >= 0.3 is 23.9 Å². The van der Waals surface area contributed by atoms with Gasteiger partial charge in [-0.1, -0.05) is 63.3 Å². The molecule has 11 nitrogen and oxygen atoms in total. The third kappa shape index (κ3) is 5.46. The molecule has 3 aliphatic heterocycles. The fraction of sp³-hybridized carbons (Fsp3) is 0.281. The van der Waals surface area contributed by atoms with Crippen molar-refractivity contribution in [3.63, 3.8) is 0 Å². The third-order valence-corrected chi connectivity index (χ3v) is 12.8. The van der Waals surface area contributed by atoms with Gasteiger partial charge in [0, 0.05) is 26.1 Å². The van der Waals surface area contributed by atoms with Crippen molar-refractivity contribution in [3.05, 3.63) is 83.3 Å². The van der Waals surface area contributed by atoms with Crippen LogP contribution in [0.3, 0.4) is 0 Å². The number of nitrogens with zero attached hydrogens (tertiary/aromatic N) is 1. The average Bonchev–Trinajstić information content (AvgIpc) is 3.46. The lowest BCUT2D eigenvalue weighted by molar-refractivity contribution is -0.138. The number of para-hydroxylation sites is 1. The van der Waals surface area contributed by atoms with Crippen molar-refractivity contribution in [2.24, 2.45) is 0 Å². The molecule has 47 heavy (non-hydrogen) atoms. The van der Waals surface area contributed by atoms with Gasteiger partial charge in [0.2, 0.25) is 0 Å². The van der Waals surface area contributed by atoms with Crippen LogP contribution in [0.4, 0.5) is 5.69 Å². The first kappa shape index (κ1) is 34.7. The highest BCUT2D eigenvalue weighted by atomic mass is 79.9. The number of thioether (sulfide) groups is 3. The molecule has 0 saturated heterocycles. The minimum atomic E-state index is -1.70. The summed E-state index contributed by atoms with van der Waals surface area (Å²) < 4.78 is 25.4. The quantitative estimate of drug-likeness (QED) is 0.264. The molecule has 0 atom stereocenters. The summed E-state index contributed by atoms with van der Waals surface area (Å²) in [5.41, 5.74) is 0.277. The van der Waals surface area contributed by atoms with Crippen LogP contribution in [0.2, 0.25) is 0 Å². The highest BCUT2D eigenvalue weighted by molar-refractivity contribution is 9.10. The molecule has 0 aromatic heterocycles. The molecule has 5 rings (SSSR count). The number of fused-ring (bicyclic) bond motifs is 3. The van der Waals surface area contributed by atoms with Crippen LogP contribution in [0.25, 0.3) is 5.57 Å². The maximum atomic E-state index is 14.5. The largest absolute Gasteiger partial charge is 0.495 e. The monoisotopic (exact) mass is 761 g/mol. The lowest BCUT2D eigenvalue weighted by atomic mass is 9.82. The number of carbonyl (C=O) groups is 5. The summed E-state index contributed by atoms with van der Waals surface area (Å²) in [7, 11) is 6.13. The van der Waals surface area contributed by atoms with Gasteiger partial charge in [0.1, 0.15) is 24.5 Å². The molecule has 246 valence electrons. The topological polar surface area (TPSA) is 135 Å². The van der Waals surface area contributed by atoms with Gasteiger partial charge in [-0.25, -0.2) is 19.2 Å². The molecule has 3 heterocycles. The van der Waals surface area contributed by atoms with Gasteiger partial charge in [0.05, 0.1) is 52.3 Å². The van der Waals surface area contributed by atoms with Crippen LogP contribution in [0.5, 0.6) is 5.75 Å². The van der Waals surface area contributed by atoms with Gasteiger partial charge in [-0.15, -0.1) is 0 Å². The van der Waals surface area contributed by atoms with E-state index in [-0.39, 0.29) is 26.2 Å². The first-order valence-electron chi connectivity index (χ1n) is 13.7. The Bertz CT molecular complexity index is 1800. The predicted molar refractivity (Wildman–Crippen MR) is 183 cm³/mol. The number of hydrogen-bond acceptors (Lipinski definition) is 13. The second-order valence-electron chi connectivity index (χ2n) is 10.5. The molecule has 0 N–H and O–H groups in total. The standard InChI is InChI=1S/C32H28BrNO10S3/c1-31(2)25-19(17-9-8-10-18(40-3)21(17)34(31)26(35)15-11-13-16(33)14-12-15)32(20(27(36)41-4)22(45-25)28(37)42-5)46-23(29(38)43-6)24(47-32)30(39)44-7/h8-14H,1-7H3. The number of esters is 4. The lowest BCUT2D eigenvalue weighted by Gasteiger charge is -2.51. The van der Waals surface area contributed by atoms with Gasteiger partial charge in [-0.3, -0.25) is 9.69 Å². The second kappa shape index (κ2) is 13.1. The molecule has 0 unspecified atom stereocenters. The number of halogens is 1. The van der Waals surface area contributed by atoms with Crippen molar-refractivity contribution in [2.45, 2.75) is 23.5 Å². The third-order valence-electron chi connectivity index (χ3n) is 7.64. The van der Waals surface area contributed by atoms with Crippen LogP contribution in [0.1, 0.15) is 29.8 Å². The maximum absolute atomic E-state index is 14.5. The molecular weight excluding hydrogens is 734 g/mol. The zero-order valence-corrected chi connectivity index (χ0v) is 30.2. The van der Waals surface area contributed by atoms with E-state index >= 15 is 0 Å². The molecule has 0 radical (unpaired) electrons. The Morgan fingerprint density at radius 1 is 0.723 bits per heavy atom. The fourth-order valence-electron chi connectivity index (χ4n) is 5.56. The van der Waals surface area contributed by atoms with E-state index in [4.69, 9.17) is 23.7 Å². The van der Waals surface area contributed by atoms with E-state index in [0.29, 0.717) is 33.0 Å². The molecule has 0 aliphatic carbocycles. The molecule has 0 bridgehead atoms. The van der Waals surface area contributed by atoms with Crippen LogP contribution >= 0.6 is 51.2 Å². The molecule has 1 amide bonds. The van der Waals surface area contributed by atoms with E-state index in [1.165, 1.54) is 14.2 Å². The average molecular weight is 763 g/mol. The summed E-state index contributed by atoms with van der Waals surface area (Å²) in [6, 6.07) is 12.0. The summed E-state index contributed by atoms with van der Waals surface area (Å²) in [6.45, 7) is 3.60. The minimum Gasteiger partial charge on any atom is -0.495 e. The van der Waals surface area contributed by atoms with Crippen molar-refractivity contribution >= 4 is 92.3 Å². The summed E-state index contributed by atoms with van der Waals surface area (Å²) in [5, 5.41) is 0.